The number of aromatic nitrogens is 2. The van der Waals surface area contributed by atoms with Gasteiger partial charge in [0.25, 0.3) is 0 Å². The Morgan fingerprint density at radius 1 is 0.675 bits per heavy atom. The van der Waals surface area contributed by atoms with E-state index in [1.165, 1.54) is 43.7 Å². The molecule has 0 radical (unpaired) electrons. The maximum absolute atomic E-state index is 5.05. The lowest BCUT2D eigenvalue weighted by Crippen LogP contribution is -2.70. The molecule has 0 spiro atoms. The average molecular weight is 545 g/mol. The van der Waals surface area contributed by atoms with Gasteiger partial charge in [0, 0.05) is 53.1 Å². The van der Waals surface area contributed by atoms with Gasteiger partial charge in [-0.25, -0.2) is 0 Å². The van der Waals surface area contributed by atoms with Crippen molar-refractivity contribution in [3.05, 3.63) is 104 Å². The molecular weight excluding hydrogens is 504 g/mol. The van der Waals surface area contributed by atoms with Gasteiger partial charge in [0.05, 0.1) is 17.7 Å². The molecule has 40 heavy (non-hydrogen) atoms. The van der Waals surface area contributed by atoms with E-state index in [-0.39, 0.29) is 10.1 Å². The molecule has 5 aromatic rings. The number of pyridine rings is 1. The first-order chi connectivity index (χ1) is 19.0. The highest BCUT2D eigenvalue weighted by Gasteiger charge is 2.56. The minimum absolute atomic E-state index is 0.0420. The van der Waals surface area contributed by atoms with Crippen molar-refractivity contribution in [2.75, 3.05) is 18.6 Å². The molecule has 0 fully saturated rings. The van der Waals surface area contributed by atoms with Crippen molar-refractivity contribution in [2.24, 2.45) is 0 Å². The Bertz CT molecular complexity index is 1710. The maximum atomic E-state index is 5.05. The number of hydrogen-bond donors (Lipinski definition) is 0. The predicted molar refractivity (Wildman–Crippen MR) is 174 cm³/mol. The molecule has 1 aliphatic heterocycles. The highest BCUT2D eigenvalue weighted by Crippen LogP contribution is 2.50. The first-order valence-corrected chi connectivity index (χ1v) is 16.2. The van der Waals surface area contributed by atoms with Crippen molar-refractivity contribution in [3.8, 4) is 5.69 Å². The van der Waals surface area contributed by atoms with Crippen LogP contribution in [0.3, 0.4) is 0 Å². The third-order valence-corrected chi connectivity index (χ3v) is 15.4. The summed E-state index contributed by atoms with van der Waals surface area (Å²) in [6, 6.07) is 31.5. The van der Waals surface area contributed by atoms with Gasteiger partial charge in [-0.3, -0.25) is 4.98 Å². The lowest BCUT2D eigenvalue weighted by Gasteiger charge is -2.51. The largest absolute Gasteiger partial charge is 0.361 e. The monoisotopic (exact) mass is 544 g/mol. The van der Waals surface area contributed by atoms with Crippen LogP contribution in [0.15, 0.2) is 104 Å². The Hall–Kier alpha value is -3.83. The fraction of sp³-hybridized carbons (Fsp3) is 0.286. The molecule has 6 rings (SSSR count). The molecule has 2 aromatic heterocycles. The summed E-state index contributed by atoms with van der Waals surface area (Å²) in [6.45, 7) is 15.4. The molecule has 0 saturated carbocycles. The summed E-state index contributed by atoms with van der Waals surface area (Å²) in [5, 5.41) is 5.32. The van der Waals surface area contributed by atoms with E-state index in [1.807, 2.05) is 12.3 Å². The molecule has 0 atom stereocenters. The van der Waals surface area contributed by atoms with Crippen molar-refractivity contribution in [1.29, 1.82) is 0 Å². The third kappa shape index (κ3) is 3.98. The van der Waals surface area contributed by atoms with Crippen molar-refractivity contribution in [1.82, 2.24) is 14.5 Å². The standard InChI is InChI=1S/C35H40N4Si/c1-34(2,3)40(35(4,5)6,33-17-10-11-20-36-33)28-14-12-13-27(23-28)39-31-16-9-8-15-29(31)30-19-18-26(24-32(30)39)38-22-21-37(7)25-38/h8-24H,25H2,1-7H3. The van der Waals surface area contributed by atoms with Crippen LogP contribution in [-0.2, 0) is 0 Å². The molecule has 0 bridgehead atoms. The van der Waals surface area contributed by atoms with E-state index in [0.717, 1.165) is 6.67 Å². The van der Waals surface area contributed by atoms with E-state index in [2.05, 4.69) is 154 Å². The summed E-state index contributed by atoms with van der Waals surface area (Å²) >= 11 is 0. The molecule has 1 aliphatic rings. The minimum Gasteiger partial charge on any atom is -0.361 e. The van der Waals surface area contributed by atoms with E-state index >= 15 is 0 Å². The zero-order chi connectivity index (χ0) is 28.3. The molecule has 0 saturated heterocycles. The van der Waals surface area contributed by atoms with E-state index in [1.54, 1.807) is 0 Å². The van der Waals surface area contributed by atoms with Gasteiger partial charge >= 0.3 is 0 Å². The van der Waals surface area contributed by atoms with E-state index in [4.69, 9.17) is 4.98 Å². The van der Waals surface area contributed by atoms with E-state index in [9.17, 15) is 0 Å². The smallest absolute Gasteiger partial charge is 0.151 e. The van der Waals surface area contributed by atoms with Crippen LogP contribution in [-0.4, -0.2) is 36.2 Å². The summed E-state index contributed by atoms with van der Waals surface area (Å²) in [6.07, 6.45) is 6.26. The summed E-state index contributed by atoms with van der Waals surface area (Å²) < 4.78 is 2.46. The van der Waals surface area contributed by atoms with Crippen LogP contribution in [0, 0.1) is 0 Å². The minimum atomic E-state index is -2.42. The summed E-state index contributed by atoms with van der Waals surface area (Å²) in [5.41, 5.74) is 4.87. The Labute approximate surface area is 239 Å². The van der Waals surface area contributed by atoms with Gasteiger partial charge in [-0.2, -0.15) is 0 Å². The second-order valence-corrected chi connectivity index (χ2v) is 18.8. The molecule has 4 nitrogen and oxygen atoms in total. The number of para-hydroxylation sites is 1. The van der Waals surface area contributed by atoms with Gasteiger partial charge in [0.1, 0.15) is 0 Å². The van der Waals surface area contributed by atoms with E-state index in [0.29, 0.717) is 0 Å². The highest BCUT2D eigenvalue weighted by atomic mass is 28.3. The van der Waals surface area contributed by atoms with Crippen LogP contribution in [0.25, 0.3) is 27.5 Å². The topological polar surface area (TPSA) is 24.3 Å². The van der Waals surface area contributed by atoms with Crippen LogP contribution in [0.4, 0.5) is 5.69 Å². The summed E-state index contributed by atoms with van der Waals surface area (Å²) in [7, 11) is -0.306. The van der Waals surface area contributed by atoms with Gasteiger partial charge in [-0.1, -0.05) is 84.0 Å². The fourth-order valence-electron chi connectivity index (χ4n) is 7.48. The summed E-state index contributed by atoms with van der Waals surface area (Å²) in [4.78, 5) is 9.55. The Kier molecular flexibility index (Phi) is 6.19. The molecule has 204 valence electrons. The number of benzene rings is 3. The fourth-order valence-corrected chi connectivity index (χ4v) is 14.6. The first kappa shape index (κ1) is 26.4. The molecule has 3 aromatic carbocycles. The number of nitrogens with zero attached hydrogens (tertiary/aromatic N) is 4. The van der Waals surface area contributed by atoms with Gasteiger partial charge in [0.2, 0.25) is 0 Å². The van der Waals surface area contributed by atoms with Crippen LogP contribution in [0.2, 0.25) is 10.1 Å². The average Bonchev–Trinajstić information content (AvgIpc) is 3.49. The van der Waals surface area contributed by atoms with Gasteiger partial charge < -0.3 is 14.4 Å². The molecular formula is C35H40N4Si. The van der Waals surface area contributed by atoms with Crippen LogP contribution < -0.4 is 15.4 Å². The van der Waals surface area contributed by atoms with Gasteiger partial charge in [0.15, 0.2) is 8.07 Å². The molecule has 0 aliphatic carbocycles. The van der Waals surface area contributed by atoms with E-state index < -0.39 is 8.07 Å². The number of hydrogen-bond acceptors (Lipinski definition) is 3. The third-order valence-electron chi connectivity index (χ3n) is 8.70. The van der Waals surface area contributed by atoms with Gasteiger partial charge in [-0.15, -0.1) is 0 Å². The molecule has 0 N–H and O–H groups in total. The van der Waals surface area contributed by atoms with Crippen LogP contribution >= 0.6 is 0 Å². The lowest BCUT2D eigenvalue weighted by molar-refractivity contribution is 0.496. The number of anilines is 1. The number of fused-ring (bicyclic) bond motifs is 3. The van der Waals surface area contributed by atoms with Crippen molar-refractivity contribution in [2.45, 2.75) is 51.6 Å². The molecule has 3 heterocycles. The Morgan fingerprint density at radius 2 is 1.40 bits per heavy atom. The van der Waals surface area contributed by atoms with Crippen molar-refractivity contribution in [3.63, 3.8) is 0 Å². The predicted octanol–water partition coefficient (Wildman–Crippen LogP) is 7.52. The summed E-state index contributed by atoms with van der Waals surface area (Å²) in [5.74, 6) is 0. The first-order valence-electron chi connectivity index (χ1n) is 14.2. The highest BCUT2D eigenvalue weighted by molar-refractivity contribution is 7.05. The van der Waals surface area contributed by atoms with Crippen LogP contribution in [0.1, 0.15) is 41.5 Å². The normalized spacial score (nSPS) is 14.6. The van der Waals surface area contributed by atoms with Gasteiger partial charge in [-0.05, 0) is 57.7 Å². The quantitative estimate of drug-likeness (QED) is 0.219. The van der Waals surface area contributed by atoms with Crippen LogP contribution in [0.5, 0.6) is 0 Å². The maximum Gasteiger partial charge on any atom is 0.151 e. The SMILES string of the molecule is CN1C=CN(c2ccc3c4ccccc4n(-c4cccc([Si](c5ccccn5)(C(C)(C)C)C(C)(C)C)c4)c3c2)C1. The van der Waals surface area contributed by atoms with Crippen molar-refractivity contribution < 1.29 is 0 Å². The second kappa shape index (κ2) is 9.38. The number of rotatable bonds is 4. The second-order valence-electron chi connectivity index (χ2n) is 13.2. The lowest BCUT2D eigenvalue weighted by atomic mass is 10.1. The van der Waals surface area contributed by atoms with Crippen molar-refractivity contribution >= 4 is 46.1 Å². The Morgan fingerprint density at radius 3 is 2.08 bits per heavy atom. The molecule has 5 heteroatoms. The zero-order valence-electron chi connectivity index (χ0n) is 24.8. The molecule has 0 unspecified atom stereocenters. The zero-order valence-corrected chi connectivity index (χ0v) is 25.8. The molecule has 0 amide bonds. The Balaban J connectivity index is 1.63.